The molecule has 104 valence electrons. The number of hydrogen-bond donors (Lipinski definition) is 3. The molecule has 19 heavy (non-hydrogen) atoms. The molecule has 1 atom stereocenters. The van der Waals surface area contributed by atoms with Crippen LogP contribution in [0.4, 0.5) is 5.69 Å². The predicted octanol–water partition coefficient (Wildman–Crippen LogP) is 1.30. The molecule has 0 saturated carbocycles. The third kappa shape index (κ3) is 3.96. The van der Waals surface area contributed by atoms with Gasteiger partial charge < -0.3 is 20.9 Å². The molecule has 0 aromatic heterocycles. The topological polar surface area (TPSA) is 102 Å². The number of carboxylic acid groups (broad SMARTS) is 1. The van der Waals surface area contributed by atoms with Gasteiger partial charge in [-0.15, -0.1) is 0 Å². The summed E-state index contributed by atoms with van der Waals surface area (Å²) in [5.41, 5.74) is 6.03. The Balaban J connectivity index is 3.21. The monoisotopic (exact) mass is 266 g/mol. The number of aliphatic carboxylic acids is 1. The van der Waals surface area contributed by atoms with E-state index in [-0.39, 0.29) is 12.3 Å². The Morgan fingerprint density at radius 3 is 2.58 bits per heavy atom. The number of nitrogens with two attached hydrogens (primary N) is 1. The Morgan fingerprint density at radius 1 is 1.47 bits per heavy atom. The van der Waals surface area contributed by atoms with Crippen LogP contribution < -0.4 is 15.8 Å². The van der Waals surface area contributed by atoms with Gasteiger partial charge in [-0.1, -0.05) is 0 Å². The van der Waals surface area contributed by atoms with Crippen LogP contribution in [0.3, 0.4) is 0 Å². The Morgan fingerprint density at radius 2 is 2.11 bits per heavy atom. The van der Waals surface area contributed by atoms with E-state index in [1.54, 1.807) is 25.1 Å². The lowest BCUT2D eigenvalue weighted by Gasteiger charge is -2.26. The fourth-order valence-corrected chi connectivity index (χ4v) is 1.84. The van der Waals surface area contributed by atoms with E-state index < -0.39 is 11.5 Å². The van der Waals surface area contributed by atoms with E-state index in [9.17, 15) is 9.59 Å². The summed E-state index contributed by atoms with van der Waals surface area (Å²) < 4.78 is 5.19. The highest BCUT2D eigenvalue weighted by Crippen LogP contribution is 2.32. The van der Waals surface area contributed by atoms with Crippen LogP contribution in [-0.4, -0.2) is 24.1 Å². The Labute approximate surface area is 111 Å². The zero-order valence-corrected chi connectivity index (χ0v) is 11.2. The second-order valence-electron chi connectivity index (χ2n) is 4.58. The van der Waals surface area contributed by atoms with Gasteiger partial charge in [-0.25, -0.2) is 0 Å². The highest BCUT2D eigenvalue weighted by atomic mass is 16.5. The molecule has 1 amide bonds. The molecule has 6 heteroatoms. The quantitative estimate of drug-likeness (QED) is 0.745. The maximum Gasteiger partial charge on any atom is 0.305 e. The molecule has 0 saturated heterocycles. The SMILES string of the molecule is COc1ccc(NC(C)=O)cc1C(C)(N)CC(=O)O. The van der Waals surface area contributed by atoms with Crippen molar-refractivity contribution in [1.29, 1.82) is 0 Å². The van der Waals surface area contributed by atoms with E-state index in [0.29, 0.717) is 17.0 Å². The fourth-order valence-electron chi connectivity index (χ4n) is 1.84. The standard InChI is InChI=1S/C13H18N2O4/c1-8(16)15-9-4-5-11(19-3)10(6-9)13(2,14)7-12(17)18/h4-6H,7,14H2,1-3H3,(H,15,16)(H,17,18). The predicted molar refractivity (Wildman–Crippen MR) is 71.1 cm³/mol. The second kappa shape index (κ2) is 5.71. The molecule has 4 N–H and O–H groups in total. The maximum atomic E-state index is 11.0. The third-order valence-electron chi connectivity index (χ3n) is 2.65. The smallest absolute Gasteiger partial charge is 0.305 e. The molecule has 0 bridgehead atoms. The van der Waals surface area contributed by atoms with Crippen LogP contribution in [0.15, 0.2) is 18.2 Å². The second-order valence-corrected chi connectivity index (χ2v) is 4.58. The van der Waals surface area contributed by atoms with E-state index >= 15 is 0 Å². The summed E-state index contributed by atoms with van der Waals surface area (Å²) in [6, 6.07) is 4.94. The first-order valence-corrected chi connectivity index (χ1v) is 5.73. The maximum absolute atomic E-state index is 11.0. The van der Waals surface area contributed by atoms with Crippen LogP contribution in [0.5, 0.6) is 5.75 Å². The minimum atomic E-state index is -1.09. The molecule has 1 aromatic rings. The molecule has 1 unspecified atom stereocenters. The lowest BCUT2D eigenvalue weighted by molar-refractivity contribution is -0.138. The van der Waals surface area contributed by atoms with Crippen molar-refractivity contribution in [2.45, 2.75) is 25.8 Å². The molecule has 0 aliphatic carbocycles. The molecule has 0 radical (unpaired) electrons. The molecule has 0 aliphatic heterocycles. The Hall–Kier alpha value is -2.08. The van der Waals surface area contributed by atoms with Crippen LogP contribution in [0, 0.1) is 0 Å². The summed E-state index contributed by atoms with van der Waals surface area (Å²) >= 11 is 0. The zero-order valence-electron chi connectivity index (χ0n) is 11.2. The number of anilines is 1. The summed E-state index contributed by atoms with van der Waals surface area (Å²) in [4.78, 5) is 21.9. The molecule has 1 rings (SSSR count). The third-order valence-corrected chi connectivity index (χ3v) is 2.65. The van der Waals surface area contributed by atoms with Crippen molar-refractivity contribution in [2.24, 2.45) is 5.73 Å². The van der Waals surface area contributed by atoms with Gasteiger partial charge in [0.2, 0.25) is 5.91 Å². The van der Waals surface area contributed by atoms with Crippen LogP contribution >= 0.6 is 0 Å². The number of benzene rings is 1. The number of rotatable bonds is 5. The molecule has 0 aliphatic rings. The first-order valence-electron chi connectivity index (χ1n) is 5.73. The van der Waals surface area contributed by atoms with Gasteiger partial charge in [0.05, 0.1) is 19.1 Å². The number of carbonyl (C=O) groups is 2. The minimum Gasteiger partial charge on any atom is -0.496 e. The van der Waals surface area contributed by atoms with Crippen molar-refractivity contribution >= 4 is 17.6 Å². The van der Waals surface area contributed by atoms with Crippen LogP contribution in [0.25, 0.3) is 0 Å². The van der Waals surface area contributed by atoms with Gasteiger partial charge >= 0.3 is 5.97 Å². The van der Waals surface area contributed by atoms with E-state index in [4.69, 9.17) is 15.6 Å². The number of methoxy groups -OCH3 is 1. The lowest BCUT2D eigenvalue weighted by Crippen LogP contribution is -2.36. The summed E-state index contributed by atoms with van der Waals surface area (Å²) in [6.45, 7) is 3.00. The van der Waals surface area contributed by atoms with Crippen molar-refractivity contribution in [3.05, 3.63) is 23.8 Å². The normalized spacial score (nSPS) is 13.5. The largest absolute Gasteiger partial charge is 0.496 e. The lowest BCUT2D eigenvalue weighted by atomic mass is 9.88. The van der Waals surface area contributed by atoms with Gasteiger partial charge in [0, 0.05) is 18.2 Å². The number of hydrogen-bond acceptors (Lipinski definition) is 4. The average molecular weight is 266 g/mol. The van der Waals surface area contributed by atoms with Crippen molar-refractivity contribution in [2.75, 3.05) is 12.4 Å². The Kier molecular flexibility index (Phi) is 4.50. The number of nitrogens with one attached hydrogen (secondary N) is 1. The van der Waals surface area contributed by atoms with Crippen LogP contribution in [0.2, 0.25) is 0 Å². The zero-order chi connectivity index (χ0) is 14.6. The number of ether oxygens (including phenoxy) is 1. The van der Waals surface area contributed by atoms with E-state index in [1.165, 1.54) is 14.0 Å². The Bertz CT molecular complexity index is 497. The van der Waals surface area contributed by atoms with Crippen molar-refractivity contribution in [3.63, 3.8) is 0 Å². The highest BCUT2D eigenvalue weighted by molar-refractivity contribution is 5.89. The highest BCUT2D eigenvalue weighted by Gasteiger charge is 2.28. The molecular formula is C13H18N2O4. The van der Waals surface area contributed by atoms with Crippen LogP contribution in [-0.2, 0) is 15.1 Å². The summed E-state index contributed by atoms with van der Waals surface area (Å²) in [6.07, 6.45) is -0.243. The van der Waals surface area contributed by atoms with Gasteiger partial charge in [-0.2, -0.15) is 0 Å². The first kappa shape index (κ1) is 15.0. The van der Waals surface area contributed by atoms with Gasteiger partial charge in [-0.05, 0) is 25.1 Å². The van der Waals surface area contributed by atoms with E-state index in [2.05, 4.69) is 5.32 Å². The van der Waals surface area contributed by atoms with E-state index in [1.807, 2.05) is 0 Å². The molecule has 0 spiro atoms. The van der Waals surface area contributed by atoms with E-state index in [0.717, 1.165) is 0 Å². The number of carboxylic acids is 1. The molecular weight excluding hydrogens is 248 g/mol. The minimum absolute atomic E-state index is 0.215. The summed E-state index contributed by atoms with van der Waals surface area (Å²) in [5.74, 6) is -0.731. The summed E-state index contributed by atoms with van der Waals surface area (Å²) in [5, 5.41) is 11.5. The average Bonchev–Trinajstić information content (AvgIpc) is 2.26. The van der Waals surface area contributed by atoms with Gasteiger partial charge in [0.15, 0.2) is 0 Å². The van der Waals surface area contributed by atoms with Crippen molar-refractivity contribution < 1.29 is 19.4 Å². The van der Waals surface area contributed by atoms with Gasteiger partial charge in [0.25, 0.3) is 0 Å². The molecule has 0 fully saturated rings. The van der Waals surface area contributed by atoms with Crippen molar-refractivity contribution in [3.8, 4) is 5.75 Å². The number of carbonyl (C=O) groups excluding carboxylic acids is 1. The van der Waals surface area contributed by atoms with Gasteiger partial charge in [0.1, 0.15) is 5.75 Å². The summed E-state index contributed by atoms with van der Waals surface area (Å²) in [7, 11) is 1.48. The van der Waals surface area contributed by atoms with Crippen molar-refractivity contribution in [1.82, 2.24) is 0 Å². The molecule has 6 nitrogen and oxygen atoms in total. The van der Waals surface area contributed by atoms with Crippen LogP contribution in [0.1, 0.15) is 25.8 Å². The fraction of sp³-hybridized carbons (Fsp3) is 0.385. The molecule has 1 aromatic carbocycles. The first-order chi connectivity index (χ1) is 8.76. The molecule has 0 heterocycles. The number of amides is 1. The van der Waals surface area contributed by atoms with Gasteiger partial charge in [-0.3, -0.25) is 9.59 Å².